The lowest BCUT2D eigenvalue weighted by Crippen LogP contribution is -2.54. The molecule has 0 radical (unpaired) electrons. The minimum Gasteiger partial charge on any atom is -0.380 e. The third-order valence-corrected chi connectivity index (χ3v) is 8.25. The van der Waals surface area contributed by atoms with E-state index >= 15 is 4.39 Å². The highest BCUT2D eigenvalue weighted by Crippen LogP contribution is 2.43. The van der Waals surface area contributed by atoms with E-state index in [1.165, 1.54) is 38.5 Å². The zero-order valence-corrected chi connectivity index (χ0v) is 18.0. The van der Waals surface area contributed by atoms with Crippen LogP contribution in [0.5, 0.6) is 0 Å². The van der Waals surface area contributed by atoms with Crippen LogP contribution in [0.25, 0.3) is 0 Å². The van der Waals surface area contributed by atoms with E-state index in [2.05, 4.69) is 10.2 Å². The summed E-state index contributed by atoms with van der Waals surface area (Å²) < 4.78 is 21.2. The largest absolute Gasteiger partial charge is 0.380 e. The van der Waals surface area contributed by atoms with Gasteiger partial charge in [0.1, 0.15) is 5.82 Å². The Morgan fingerprint density at radius 1 is 1.13 bits per heavy atom. The Morgan fingerprint density at radius 3 is 2.83 bits per heavy atom. The minimum absolute atomic E-state index is 0.179. The number of carbonyl (C=O) groups is 1. The average molecular weight is 415 g/mol. The van der Waals surface area contributed by atoms with Crippen LogP contribution in [0, 0.1) is 17.7 Å². The molecule has 1 unspecified atom stereocenters. The number of piperidine rings is 1. The quantitative estimate of drug-likeness (QED) is 0.800. The number of amides is 1. The molecule has 0 bridgehead atoms. The van der Waals surface area contributed by atoms with Gasteiger partial charge in [0.2, 0.25) is 5.91 Å². The van der Waals surface area contributed by atoms with Crippen LogP contribution in [-0.2, 0) is 21.4 Å². The summed E-state index contributed by atoms with van der Waals surface area (Å²) in [5.41, 5.74) is 1.15. The van der Waals surface area contributed by atoms with Crippen LogP contribution in [0.1, 0.15) is 62.5 Å². The number of rotatable bonds is 2. The zero-order valence-electron chi connectivity index (χ0n) is 18.0. The van der Waals surface area contributed by atoms with Gasteiger partial charge in [-0.05, 0) is 56.1 Å². The Kier molecular flexibility index (Phi) is 5.85. The molecule has 5 heteroatoms. The molecule has 1 amide bonds. The van der Waals surface area contributed by atoms with Crippen LogP contribution in [0.15, 0.2) is 18.2 Å². The molecule has 164 valence electrons. The number of nitrogens with zero attached hydrogens (tertiary/aromatic N) is 1. The summed E-state index contributed by atoms with van der Waals surface area (Å²) in [4.78, 5) is 16.3. The number of hydrogen-bond acceptors (Lipinski definition) is 3. The van der Waals surface area contributed by atoms with Gasteiger partial charge in [0.15, 0.2) is 0 Å². The fourth-order valence-corrected chi connectivity index (χ4v) is 6.78. The Balaban J connectivity index is 1.48. The van der Waals surface area contributed by atoms with Crippen molar-refractivity contribution >= 4 is 5.91 Å². The lowest BCUT2D eigenvalue weighted by molar-refractivity contribution is -0.143. The molecule has 2 saturated heterocycles. The zero-order chi connectivity index (χ0) is 20.6. The second kappa shape index (κ2) is 8.58. The molecular weight excluding hydrogens is 379 g/mol. The van der Waals surface area contributed by atoms with Crippen molar-refractivity contribution in [1.82, 2.24) is 10.2 Å². The maximum atomic E-state index is 15.2. The third-order valence-electron chi connectivity index (χ3n) is 8.25. The number of benzene rings is 1. The van der Waals surface area contributed by atoms with E-state index in [1.54, 1.807) is 12.1 Å². The molecule has 0 aromatic heterocycles. The van der Waals surface area contributed by atoms with E-state index in [-0.39, 0.29) is 17.6 Å². The highest BCUT2D eigenvalue weighted by molar-refractivity contribution is 5.82. The summed E-state index contributed by atoms with van der Waals surface area (Å²) in [6.45, 7) is 3.10. The number of carbonyl (C=O) groups excluding carboxylic acids is 1. The van der Waals surface area contributed by atoms with Gasteiger partial charge >= 0.3 is 0 Å². The van der Waals surface area contributed by atoms with Gasteiger partial charge in [-0.2, -0.15) is 0 Å². The molecule has 1 aromatic carbocycles. The van der Waals surface area contributed by atoms with Crippen molar-refractivity contribution in [1.29, 1.82) is 0 Å². The SMILES string of the molecule is O=C([C@@H]1CNCC12COCCc1cccc(F)c12)N1CCCC[C@H]1C1CCCCC1. The first-order valence-corrected chi connectivity index (χ1v) is 12.1. The smallest absolute Gasteiger partial charge is 0.228 e. The van der Waals surface area contributed by atoms with E-state index < -0.39 is 5.41 Å². The van der Waals surface area contributed by atoms with Crippen molar-refractivity contribution in [2.75, 3.05) is 32.8 Å². The lowest BCUT2D eigenvalue weighted by Gasteiger charge is -2.45. The van der Waals surface area contributed by atoms with E-state index in [1.807, 2.05) is 6.07 Å². The molecule has 4 aliphatic rings. The molecule has 1 spiro atoms. The minimum atomic E-state index is -0.594. The fraction of sp³-hybridized carbons (Fsp3) is 0.720. The Bertz CT molecular complexity index is 778. The highest BCUT2D eigenvalue weighted by Gasteiger charge is 2.53. The third kappa shape index (κ3) is 3.48. The summed E-state index contributed by atoms with van der Waals surface area (Å²) in [6, 6.07) is 5.73. The molecule has 3 heterocycles. The molecule has 30 heavy (non-hydrogen) atoms. The molecule has 3 aliphatic heterocycles. The summed E-state index contributed by atoms with van der Waals surface area (Å²) in [7, 11) is 0. The number of hydrogen-bond donors (Lipinski definition) is 1. The number of likely N-dealkylation sites (tertiary alicyclic amines) is 1. The van der Waals surface area contributed by atoms with Gasteiger partial charge in [-0.1, -0.05) is 31.4 Å². The number of nitrogens with one attached hydrogen (secondary N) is 1. The first-order chi connectivity index (χ1) is 14.7. The van der Waals surface area contributed by atoms with Gasteiger partial charge < -0.3 is 15.0 Å². The molecular formula is C25H35FN2O2. The Hall–Kier alpha value is -1.46. The topological polar surface area (TPSA) is 41.6 Å². The molecule has 3 atom stereocenters. The van der Waals surface area contributed by atoms with Crippen molar-refractivity contribution in [3.05, 3.63) is 35.1 Å². The standard InChI is InChI=1S/C25H35FN2O2/c26-21-10-6-9-19-12-14-30-17-25(23(19)21)16-27-15-20(25)24(29)28-13-5-4-11-22(28)18-7-2-1-3-8-18/h6,9-10,18,20,22,27H,1-5,7-8,11-17H2/t20-,22-,25?/m0/s1. The fourth-order valence-electron chi connectivity index (χ4n) is 6.78. The summed E-state index contributed by atoms with van der Waals surface area (Å²) >= 11 is 0. The van der Waals surface area contributed by atoms with Crippen molar-refractivity contribution in [2.45, 2.75) is 69.2 Å². The first-order valence-electron chi connectivity index (χ1n) is 12.1. The Labute approximate surface area is 179 Å². The molecule has 4 nitrogen and oxygen atoms in total. The number of fused-ring (bicyclic) bond motifs is 2. The van der Waals surface area contributed by atoms with Crippen molar-refractivity contribution in [3.8, 4) is 0 Å². The van der Waals surface area contributed by atoms with Crippen molar-refractivity contribution in [3.63, 3.8) is 0 Å². The van der Waals surface area contributed by atoms with Gasteiger partial charge in [-0.3, -0.25) is 4.79 Å². The van der Waals surface area contributed by atoms with Crippen LogP contribution < -0.4 is 5.32 Å². The van der Waals surface area contributed by atoms with Crippen LogP contribution in [0.4, 0.5) is 4.39 Å². The van der Waals surface area contributed by atoms with Crippen LogP contribution >= 0.6 is 0 Å². The predicted molar refractivity (Wildman–Crippen MR) is 115 cm³/mol. The molecule has 1 aliphatic carbocycles. The first kappa shape index (κ1) is 20.4. The monoisotopic (exact) mass is 414 g/mol. The summed E-state index contributed by atoms with van der Waals surface area (Å²) in [5.74, 6) is 0.440. The van der Waals surface area contributed by atoms with Gasteiger partial charge in [0, 0.05) is 36.7 Å². The molecule has 1 saturated carbocycles. The van der Waals surface area contributed by atoms with E-state index in [0.29, 0.717) is 44.7 Å². The second-order valence-electron chi connectivity index (χ2n) is 9.91. The van der Waals surface area contributed by atoms with Crippen LogP contribution in [-0.4, -0.2) is 49.7 Å². The van der Waals surface area contributed by atoms with E-state index in [0.717, 1.165) is 30.5 Å². The maximum Gasteiger partial charge on any atom is 0.228 e. The van der Waals surface area contributed by atoms with Gasteiger partial charge in [0.05, 0.1) is 19.1 Å². The molecule has 1 N–H and O–H groups in total. The average Bonchev–Trinajstić information content (AvgIpc) is 3.11. The van der Waals surface area contributed by atoms with Gasteiger partial charge in [-0.25, -0.2) is 4.39 Å². The normalized spacial score (nSPS) is 32.8. The maximum absolute atomic E-state index is 15.2. The van der Waals surface area contributed by atoms with Crippen molar-refractivity contribution < 1.29 is 13.9 Å². The number of halogens is 1. The second-order valence-corrected chi connectivity index (χ2v) is 9.91. The van der Waals surface area contributed by atoms with Crippen molar-refractivity contribution in [2.24, 2.45) is 11.8 Å². The molecule has 3 fully saturated rings. The highest BCUT2D eigenvalue weighted by atomic mass is 19.1. The summed E-state index contributed by atoms with van der Waals surface area (Å²) in [6.07, 6.45) is 10.6. The van der Waals surface area contributed by atoms with Gasteiger partial charge in [-0.15, -0.1) is 0 Å². The molecule has 5 rings (SSSR count). The van der Waals surface area contributed by atoms with E-state index in [4.69, 9.17) is 4.74 Å². The van der Waals surface area contributed by atoms with Crippen LogP contribution in [0.2, 0.25) is 0 Å². The van der Waals surface area contributed by atoms with Crippen LogP contribution in [0.3, 0.4) is 0 Å². The van der Waals surface area contributed by atoms with E-state index in [9.17, 15) is 4.79 Å². The summed E-state index contributed by atoms with van der Waals surface area (Å²) in [5, 5.41) is 3.45. The van der Waals surface area contributed by atoms with Gasteiger partial charge in [0.25, 0.3) is 0 Å². The molecule has 1 aromatic rings. The lowest BCUT2D eigenvalue weighted by atomic mass is 9.70. The predicted octanol–water partition coefficient (Wildman–Crippen LogP) is 3.82. The number of ether oxygens (including phenoxy) is 1. The Morgan fingerprint density at radius 2 is 1.97 bits per heavy atom.